The van der Waals surface area contributed by atoms with Gasteiger partial charge in [-0.3, -0.25) is 9.59 Å². The second-order valence-electron chi connectivity index (χ2n) is 4.34. The molecule has 0 amide bonds. The Kier molecular flexibility index (Phi) is 5.16. The Balaban J connectivity index is 2.22. The standard InChI is InChI=1S/C15H16N2O3S/c1-3-20-13-5-4-11(10(2)18)8-12(13)9-21-15-16-7-6-14(19)17-15/h4-8H,3,9H2,1-2H3,(H,16,17,19). The Bertz CT molecular complexity index is 697. The molecule has 0 atom stereocenters. The van der Waals surface area contributed by atoms with Gasteiger partial charge in [0.25, 0.3) is 5.56 Å². The van der Waals surface area contributed by atoms with Crippen molar-refractivity contribution in [3.63, 3.8) is 0 Å². The lowest BCUT2D eigenvalue weighted by atomic mass is 10.1. The molecule has 0 aliphatic heterocycles. The van der Waals surface area contributed by atoms with E-state index in [0.29, 0.717) is 23.1 Å². The maximum absolute atomic E-state index is 11.5. The van der Waals surface area contributed by atoms with Crippen LogP contribution in [0.1, 0.15) is 29.8 Å². The number of hydrogen-bond donors (Lipinski definition) is 1. The quantitative estimate of drug-likeness (QED) is 0.504. The van der Waals surface area contributed by atoms with E-state index in [1.165, 1.54) is 30.9 Å². The first kappa shape index (κ1) is 15.3. The molecule has 0 unspecified atom stereocenters. The fourth-order valence-corrected chi connectivity index (χ4v) is 2.60. The van der Waals surface area contributed by atoms with Crippen LogP contribution >= 0.6 is 11.8 Å². The third-order valence-corrected chi connectivity index (χ3v) is 3.72. The third kappa shape index (κ3) is 4.19. The van der Waals surface area contributed by atoms with E-state index in [9.17, 15) is 9.59 Å². The minimum Gasteiger partial charge on any atom is -0.494 e. The number of aromatic nitrogens is 2. The molecule has 0 fully saturated rings. The first-order chi connectivity index (χ1) is 10.1. The zero-order chi connectivity index (χ0) is 15.2. The van der Waals surface area contributed by atoms with Crippen molar-refractivity contribution in [1.29, 1.82) is 0 Å². The maximum atomic E-state index is 11.5. The van der Waals surface area contributed by atoms with E-state index in [1.807, 2.05) is 13.0 Å². The second-order valence-corrected chi connectivity index (χ2v) is 5.30. The van der Waals surface area contributed by atoms with Crippen molar-refractivity contribution in [3.05, 3.63) is 51.9 Å². The van der Waals surface area contributed by atoms with Crippen LogP contribution < -0.4 is 10.3 Å². The first-order valence-corrected chi connectivity index (χ1v) is 7.53. The van der Waals surface area contributed by atoms with E-state index >= 15 is 0 Å². The number of ether oxygens (including phenoxy) is 1. The van der Waals surface area contributed by atoms with Gasteiger partial charge in [-0.15, -0.1) is 0 Å². The summed E-state index contributed by atoms with van der Waals surface area (Å²) in [5.41, 5.74) is 1.36. The molecule has 21 heavy (non-hydrogen) atoms. The summed E-state index contributed by atoms with van der Waals surface area (Å²) in [7, 11) is 0. The average Bonchev–Trinajstić information content (AvgIpc) is 2.46. The number of hydrogen-bond acceptors (Lipinski definition) is 5. The number of benzene rings is 1. The van der Waals surface area contributed by atoms with Crippen LogP contribution in [-0.2, 0) is 5.75 Å². The predicted octanol–water partition coefficient (Wildman–Crippen LogP) is 2.66. The molecule has 1 aromatic carbocycles. The fourth-order valence-electron chi connectivity index (χ4n) is 1.78. The Morgan fingerprint density at radius 1 is 1.38 bits per heavy atom. The molecule has 110 valence electrons. The zero-order valence-corrected chi connectivity index (χ0v) is 12.7. The lowest BCUT2D eigenvalue weighted by Gasteiger charge is -2.11. The van der Waals surface area contributed by atoms with Gasteiger partial charge in [0.2, 0.25) is 0 Å². The van der Waals surface area contributed by atoms with Crippen LogP contribution in [0.2, 0.25) is 0 Å². The molecule has 0 aliphatic rings. The largest absolute Gasteiger partial charge is 0.494 e. The molecule has 0 saturated carbocycles. The fraction of sp³-hybridized carbons (Fsp3) is 0.267. The lowest BCUT2D eigenvalue weighted by molar-refractivity contribution is 0.101. The monoisotopic (exact) mass is 304 g/mol. The summed E-state index contributed by atoms with van der Waals surface area (Å²) in [5, 5.41) is 0.540. The predicted molar refractivity (Wildman–Crippen MR) is 82.0 cm³/mol. The SMILES string of the molecule is CCOc1ccc(C(C)=O)cc1CSc1nccc(=O)[nH]1. The van der Waals surface area contributed by atoms with Crippen molar-refractivity contribution in [1.82, 2.24) is 9.97 Å². The number of aromatic amines is 1. The summed E-state index contributed by atoms with van der Waals surface area (Å²) in [5.74, 6) is 1.31. The number of carbonyl (C=O) groups is 1. The highest BCUT2D eigenvalue weighted by Gasteiger charge is 2.09. The maximum Gasteiger partial charge on any atom is 0.251 e. The smallest absolute Gasteiger partial charge is 0.251 e. The van der Waals surface area contributed by atoms with Gasteiger partial charge in [0.1, 0.15) is 5.75 Å². The van der Waals surface area contributed by atoms with Crippen LogP contribution in [0, 0.1) is 0 Å². The van der Waals surface area contributed by atoms with Gasteiger partial charge in [0, 0.05) is 29.1 Å². The van der Waals surface area contributed by atoms with E-state index in [4.69, 9.17) is 4.74 Å². The highest BCUT2D eigenvalue weighted by atomic mass is 32.2. The molecule has 1 heterocycles. The Hall–Kier alpha value is -2.08. The highest BCUT2D eigenvalue weighted by molar-refractivity contribution is 7.98. The summed E-state index contributed by atoms with van der Waals surface area (Å²) in [6.45, 7) is 3.99. The van der Waals surface area contributed by atoms with Crippen LogP contribution in [0.25, 0.3) is 0 Å². The lowest BCUT2D eigenvalue weighted by Crippen LogP contribution is -2.05. The molecule has 6 heteroatoms. The van der Waals surface area contributed by atoms with Crippen LogP contribution in [0.15, 0.2) is 40.4 Å². The van der Waals surface area contributed by atoms with Crippen molar-refractivity contribution in [2.75, 3.05) is 6.61 Å². The van der Waals surface area contributed by atoms with Gasteiger partial charge in [0.15, 0.2) is 10.9 Å². The molecule has 1 aromatic heterocycles. The minimum atomic E-state index is -0.185. The van der Waals surface area contributed by atoms with Crippen LogP contribution in [0.4, 0.5) is 0 Å². The number of ketones is 1. The van der Waals surface area contributed by atoms with Gasteiger partial charge >= 0.3 is 0 Å². The zero-order valence-electron chi connectivity index (χ0n) is 11.9. The Morgan fingerprint density at radius 2 is 2.19 bits per heavy atom. The molecule has 0 radical (unpaired) electrons. The highest BCUT2D eigenvalue weighted by Crippen LogP contribution is 2.27. The van der Waals surface area contributed by atoms with E-state index in [2.05, 4.69) is 9.97 Å². The molecular weight excluding hydrogens is 288 g/mol. The summed E-state index contributed by atoms with van der Waals surface area (Å²) in [6.07, 6.45) is 1.47. The van der Waals surface area contributed by atoms with E-state index in [1.54, 1.807) is 12.1 Å². The van der Waals surface area contributed by atoms with Crippen LogP contribution in [-0.4, -0.2) is 22.4 Å². The van der Waals surface area contributed by atoms with Gasteiger partial charge in [-0.05, 0) is 32.0 Å². The Labute approximate surface area is 126 Å². The first-order valence-electron chi connectivity index (χ1n) is 6.55. The molecule has 0 spiro atoms. The number of Topliss-reactive ketones (excluding diaryl/α,β-unsaturated/α-hetero) is 1. The molecule has 2 aromatic rings. The van der Waals surface area contributed by atoms with Gasteiger partial charge in [0.05, 0.1) is 6.61 Å². The van der Waals surface area contributed by atoms with Gasteiger partial charge < -0.3 is 9.72 Å². The molecule has 0 aliphatic carbocycles. The summed E-state index contributed by atoms with van der Waals surface area (Å²) < 4.78 is 5.57. The van der Waals surface area contributed by atoms with Crippen molar-refractivity contribution >= 4 is 17.5 Å². The summed E-state index contributed by atoms with van der Waals surface area (Å²) in [4.78, 5) is 29.5. The summed E-state index contributed by atoms with van der Waals surface area (Å²) in [6, 6.07) is 6.74. The molecule has 0 saturated heterocycles. The van der Waals surface area contributed by atoms with Crippen LogP contribution in [0.5, 0.6) is 5.75 Å². The number of H-pyrrole nitrogens is 1. The number of nitrogens with zero attached hydrogens (tertiary/aromatic N) is 1. The molecular formula is C15H16N2O3S. The van der Waals surface area contributed by atoms with Crippen molar-refractivity contribution in [2.45, 2.75) is 24.8 Å². The third-order valence-electron chi connectivity index (χ3n) is 2.78. The van der Waals surface area contributed by atoms with Crippen molar-refractivity contribution in [2.24, 2.45) is 0 Å². The number of rotatable bonds is 6. The van der Waals surface area contributed by atoms with E-state index in [-0.39, 0.29) is 11.3 Å². The van der Waals surface area contributed by atoms with E-state index in [0.717, 1.165) is 11.3 Å². The van der Waals surface area contributed by atoms with Crippen molar-refractivity contribution < 1.29 is 9.53 Å². The minimum absolute atomic E-state index is 0.00976. The van der Waals surface area contributed by atoms with E-state index < -0.39 is 0 Å². The Morgan fingerprint density at radius 3 is 2.86 bits per heavy atom. The number of nitrogens with one attached hydrogen (secondary N) is 1. The topological polar surface area (TPSA) is 72.0 Å². The van der Waals surface area contributed by atoms with Crippen LogP contribution in [0.3, 0.4) is 0 Å². The number of thioether (sulfide) groups is 1. The van der Waals surface area contributed by atoms with Gasteiger partial charge in [-0.1, -0.05) is 11.8 Å². The second kappa shape index (κ2) is 7.08. The number of carbonyl (C=O) groups excluding carboxylic acids is 1. The van der Waals surface area contributed by atoms with Gasteiger partial charge in [-0.25, -0.2) is 4.98 Å². The molecule has 2 rings (SSSR count). The van der Waals surface area contributed by atoms with Crippen molar-refractivity contribution in [3.8, 4) is 5.75 Å². The molecule has 0 bridgehead atoms. The van der Waals surface area contributed by atoms with Gasteiger partial charge in [-0.2, -0.15) is 0 Å². The summed E-state index contributed by atoms with van der Waals surface area (Å²) >= 11 is 1.39. The normalized spacial score (nSPS) is 10.4. The molecule has 1 N–H and O–H groups in total. The average molecular weight is 304 g/mol. The molecule has 5 nitrogen and oxygen atoms in total.